The molecule has 0 saturated heterocycles. The van der Waals surface area contributed by atoms with E-state index in [-0.39, 0.29) is 12.1 Å². The summed E-state index contributed by atoms with van der Waals surface area (Å²) in [5.41, 5.74) is 5.78. The molecule has 3 N–H and O–H groups in total. The van der Waals surface area contributed by atoms with Crippen LogP contribution in [0.2, 0.25) is 0 Å². The second-order valence-corrected chi connectivity index (χ2v) is 4.77. The summed E-state index contributed by atoms with van der Waals surface area (Å²) in [6, 6.07) is 10.2. The van der Waals surface area contributed by atoms with Crippen LogP contribution in [0.1, 0.15) is 40.2 Å². The second-order valence-electron chi connectivity index (χ2n) is 4.77. The third-order valence-electron chi connectivity index (χ3n) is 2.43. The SMILES string of the molecule is CCOC(=O)NC.CCOC(C)=O.CCOC(N)=O.CCOCc1ccccc1. The predicted molar refractivity (Wildman–Crippen MR) is 111 cm³/mol. The molecule has 0 bridgehead atoms. The number of primary amides is 1. The summed E-state index contributed by atoms with van der Waals surface area (Å²) in [5.74, 6) is -0.211. The number of carbonyl (C=O) groups is 3. The summed E-state index contributed by atoms with van der Waals surface area (Å²) < 4.78 is 18.2. The van der Waals surface area contributed by atoms with E-state index < -0.39 is 6.09 Å². The van der Waals surface area contributed by atoms with Crippen molar-refractivity contribution in [3.05, 3.63) is 35.9 Å². The average Bonchev–Trinajstić information content (AvgIpc) is 2.68. The molecule has 0 aliphatic carbocycles. The molecule has 0 heterocycles. The van der Waals surface area contributed by atoms with Gasteiger partial charge in [0, 0.05) is 20.6 Å². The predicted octanol–water partition coefficient (Wildman–Crippen LogP) is 3.26. The fraction of sp³-hybridized carbons (Fsp3) is 0.550. The number of hydrogen-bond acceptors (Lipinski definition) is 7. The molecule has 0 aromatic heterocycles. The van der Waals surface area contributed by atoms with Crippen LogP contribution in [0.15, 0.2) is 30.3 Å². The van der Waals surface area contributed by atoms with E-state index in [4.69, 9.17) is 4.74 Å². The number of rotatable bonds is 6. The van der Waals surface area contributed by atoms with E-state index in [9.17, 15) is 14.4 Å². The third-order valence-corrected chi connectivity index (χ3v) is 2.43. The number of nitrogens with two attached hydrogens (primary N) is 1. The third kappa shape index (κ3) is 33.2. The van der Waals surface area contributed by atoms with E-state index in [0.717, 1.165) is 13.2 Å². The Hall–Kier alpha value is -2.81. The molecule has 0 radical (unpaired) electrons. The quantitative estimate of drug-likeness (QED) is 0.538. The maximum Gasteiger partial charge on any atom is 0.406 e. The summed E-state index contributed by atoms with van der Waals surface area (Å²) in [4.78, 5) is 29.5. The van der Waals surface area contributed by atoms with E-state index in [1.165, 1.54) is 19.5 Å². The summed E-state index contributed by atoms with van der Waals surface area (Å²) in [6.07, 6.45) is -1.08. The smallest absolute Gasteiger partial charge is 0.406 e. The van der Waals surface area contributed by atoms with Crippen molar-refractivity contribution in [2.45, 2.75) is 41.2 Å². The van der Waals surface area contributed by atoms with E-state index in [1.54, 1.807) is 20.8 Å². The number of benzene rings is 1. The number of carbonyl (C=O) groups excluding carboxylic acids is 3. The Bertz CT molecular complexity index is 495. The molecule has 0 aliphatic heterocycles. The second kappa shape index (κ2) is 25.2. The minimum atomic E-state index is -0.711. The van der Waals surface area contributed by atoms with Crippen molar-refractivity contribution in [3.63, 3.8) is 0 Å². The van der Waals surface area contributed by atoms with Gasteiger partial charge in [0.1, 0.15) is 0 Å². The molecule has 0 spiro atoms. The van der Waals surface area contributed by atoms with Crippen molar-refractivity contribution < 1.29 is 33.3 Å². The highest BCUT2D eigenvalue weighted by Gasteiger charge is 1.89. The molecule has 9 heteroatoms. The fourth-order valence-corrected chi connectivity index (χ4v) is 1.34. The lowest BCUT2D eigenvalue weighted by molar-refractivity contribution is -0.140. The zero-order chi connectivity index (χ0) is 22.9. The number of alkyl carbamates (subject to hydrolysis) is 1. The van der Waals surface area contributed by atoms with E-state index in [2.05, 4.69) is 37.4 Å². The van der Waals surface area contributed by atoms with Crippen LogP contribution in [0.25, 0.3) is 0 Å². The summed E-state index contributed by atoms with van der Waals surface area (Å²) in [6.45, 7) is 11.4. The van der Waals surface area contributed by atoms with Gasteiger partial charge >= 0.3 is 18.2 Å². The van der Waals surface area contributed by atoms with Crippen LogP contribution in [-0.4, -0.2) is 51.6 Å². The lowest BCUT2D eigenvalue weighted by Gasteiger charge is -1.98. The first-order chi connectivity index (χ1) is 13.8. The number of hydrogen-bond donors (Lipinski definition) is 2. The fourth-order valence-electron chi connectivity index (χ4n) is 1.34. The zero-order valence-corrected chi connectivity index (χ0v) is 18.4. The van der Waals surface area contributed by atoms with Gasteiger partial charge in [-0.15, -0.1) is 0 Å². The number of esters is 1. The van der Waals surface area contributed by atoms with Crippen LogP contribution in [-0.2, 0) is 30.3 Å². The van der Waals surface area contributed by atoms with Crippen LogP contribution < -0.4 is 11.1 Å². The minimum Gasteiger partial charge on any atom is -0.466 e. The van der Waals surface area contributed by atoms with Gasteiger partial charge in [0.05, 0.1) is 26.4 Å². The molecule has 2 amide bonds. The van der Waals surface area contributed by atoms with Gasteiger partial charge in [-0.25, -0.2) is 9.59 Å². The van der Waals surface area contributed by atoms with Crippen LogP contribution in [0.4, 0.5) is 9.59 Å². The lowest BCUT2D eigenvalue weighted by Crippen LogP contribution is -2.18. The van der Waals surface area contributed by atoms with Crippen LogP contribution in [0.5, 0.6) is 0 Å². The number of ether oxygens (including phenoxy) is 4. The molecule has 29 heavy (non-hydrogen) atoms. The van der Waals surface area contributed by atoms with Crippen molar-refractivity contribution in [1.29, 1.82) is 0 Å². The highest BCUT2D eigenvalue weighted by molar-refractivity contribution is 5.66. The standard InChI is InChI=1S/C9H12O.C4H9NO2.C4H8O2.C3H7NO2/c1-2-10-8-9-6-4-3-5-7-9;1-3-7-4(6)5-2;1-3-6-4(2)5;1-2-6-3(4)5/h3-7H,2,8H2,1H3;3H2,1-2H3,(H,5,6);3H2,1-2H3;2H2,1H3,(H2,4,5). The van der Waals surface area contributed by atoms with Gasteiger partial charge in [0.2, 0.25) is 0 Å². The van der Waals surface area contributed by atoms with Crippen LogP contribution in [0.3, 0.4) is 0 Å². The van der Waals surface area contributed by atoms with Gasteiger partial charge in [-0.1, -0.05) is 30.3 Å². The molecule has 0 aliphatic rings. The molecule has 1 rings (SSSR count). The monoisotopic (exact) mass is 416 g/mol. The molecule has 1 aromatic rings. The van der Waals surface area contributed by atoms with Gasteiger partial charge < -0.3 is 30.0 Å². The molecular formula is C20H36N2O7. The Morgan fingerprint density at radius 3 is 1.62 bits per heavy atom. The number of nitrogens with one attached hydrogen (secondary N) is 1. The highest BCUT2D eigenvalue weighted by atomic mass is 16.5. The first kappa shape index (κ1) is 30.9. The molecular weight excluding hydrogens is 380 g/mol. The molecule has 0 fully saturated rings. The van der Waals surface area contributed by atoms with Gasteiger partial charge in [-0.05, 0) is 33.3 Å². The van der Waals surface area contributed by atoms with Crippen molar-refractivity contribution >= 4 is 18.2 Å². The summed E-state index contributed by atoms with van der Waals surface area (Å²) in [7, 11) is 1.53. The zero-order valence-electron chi connectivity index (χ0n) is 18.4. The van der Waals surface area contributed by atoms with Crippen LogP contribution >= 0.6 is 0 Å². The average molecular weight is 417 g/mol. The van der Waals surface area contributed by atoms with Crippen molar-refractivity contribution in [3.8, 4) is 0 Å². The Balaban J connectivity index is -0.000000321. The van der Waals surface area contributed by atoms with E-state index >= 15 is 0 Å². The first-order valence-electron chi connectivity index (χ1n) is 9.30. The Morgan fingerprint density at radius 1 is 0.862 bits per heavy atom. The maximum atomic E-state index is 10.1. The van der Waals surface area contributed by atoms with Gasteiger partial charge in [0.25, 0.3) is 0 Å². The van der Waals surface area contributed by atoms with Gasteiger partial charge in [-0.3, -0.25) is 4.79 Å². The molecule has 0 unspecified atom stereocenters. The summed E-state index contributed by atoms with van der Waals surface area (Å²) in [5, 5.41) is 2.30. The first-order valence-corrected chi connectivity index (χ1v) is 9.30. The van der Waals surface area contributed by atoms with Gasteiger partial charge in [0.15, 0.2) is 0 Å². The van der Waals surface area contributed by atoms with Crippen molar-refractivity contribution in [1.82, 2.24) is 5.32 Å². The molecule has 168 valence electrons. The van der Waals surface area contributed by atoms with Crippen molar-refractivity contribution in [2.75, 3.05) is 33.5 Å². The van der Waals surface area contributed by atoms with Crippen LogP contribution in [0, 0.1) is 0 Å². The topological polar surface area (TPSA) is 126 Å². The molecule has 0 atom stereocenters. The normalized spacial score (nSPS) is 8.34. The Labute approximate surface area is 173 Å². The summed E-state index contributed by atoms with van der Waals surface area (Å²) >= 11 is 0. The largest absolute Gasteiger partial charge is 0.466 e. The molecule has 1 aromatic carbocycles. The lowest BCUT2D eigenvalue weighted by atomic mass is 10.2. The maximum absolute atomic E-state index is 10.1. The van der Waals surface area contributed by atoms with Crippen molar-refractivity contribution in [2.24, 2.45) is 5.73 Å². The van der Waals surface area contributed by atoms with E-state index in [1.807, 2.05) is 25.1 Å². The highest BCUT2D eigenvalue weighted by Crippen LogP contribution is 1.99. The minimum absolute atomic E-state index is 0.211. The Morgan fingerprint density at radius 2 is 1.38 bits per heavy atom. The molecule has 9 nitrogen and oxygen atoms in total. The van der Waals surface area contributed by atoms with E-state index in [0.29, 0.717) is 19.8 Å². The number of amides is 2. The van der Waals surface area contributed by atoms with Gasteiger partial charge in [-0.2, -0.15) is 0 Å². The Kier molecular flexibility index (Phi) is 26.8. The molecule has 0 saturated carbocycles.